The van der Waals surface area contributed by atoms with Gasteiger partial charge in [0.1, 0.15) is 12.4 Å². The van der Waals surface area contributed by atoms with Crippen molar-refractivity contribution in [2.75, 3.05) is 20.1 Å². The van der Waals surface area contributed by atoms with E-state index in [2.05, 4.69) is 16.8 Å². The van der Waals surface area contributed by atoms with Crippen LogP contribution in [0.1, 0.15) is 77.0 Å². The van der Waals surface area contributed by atoms with Crippen LogP contribution >= 0.6 is 0 Å². The van der Waals surface area contributed by atoms with E-state index in [1.165, 1.54) is 19.3 Å². The Morgan fingerprint density at radius 2 is 1.88 bits per heavy atom. The lowest BCUT2D eigenvalue weighted by molar-refractivity contribution is -0.130. The SMILES string of the molecule is CCCCN(C)C(=O)Cn1c(CCCCCNC(=O)C2CCCCC2)nc2ccccc21. The van der Waals surface area contributed by atoms with Gasteiger partial charge in [-0.2, -0.15) is 0 Å². The molecule has 1 N–H and O–H groups in total. The van der Waals surface area contributed by atoms with Crippen LogP contribution in [-0.4, -0.2) is 46.4 Å². The number of aromatic nitrogens is 2. The van der Waals surface area contributed by atoms with Crippen molar-refractivity contribution >= 4 is 22.8 Å². The molecule has 0 aliphatic heterocycles. The van der Waals surface area contributed by atoms with E-state index in [1.54, 1.807) is 0 Å². The number of imidazole rings is 1. The zero-order valence-electron chi connectivity index (χ0n) is 19.9. The van der Waals surface area contributed by atoms with Crippen molar-refractivity contribution < 1.29 is 9.59 Å². The van der Waals surface area contributed by atoms with E-state index in [0.29, 0.717) is 6.54 Å². The number of nitrogens with one attached hydrogen (secondary N) is 1. The van der Waals surface area contributed by atoms with Crippen LogP contribution in [-0.2, 0) is 22.6 Å². The molecule has 0 unspecified atom stereocenters. The second kappa shape index (κ2) is 12.6. The van der Waals surface area contributed by atoms with Gasteiger partial charge in [0.05, 0.1) is 11.0 Å². The van der Waals surface area contributed by atoms with Gasteiger partial charge in [-0.1, -0.05) is 51.2 Å². The Hall–Kier alpha value is -2.37. The molecule has 3 rings (SSSR count). The summed E-state index contributed by atoms with van der Waals surface area (Å²) >= 11 is 0. The second-order valence-corrected chi connectivity index (χ2v) is 9.21. The van der Waals surface area contributed by atoms with Crippen LogP contribution in [0.4, 0.5) is 0 Å². The molecule has 2 amide bonds. The lowest BCUT2D eigenvalue weighted by Crippen LogP contribution is -2.32. The number of amides is 2. The van der Waals surface area contributed by atoms with Gasteiger partial charge in [0, 0.05) is 32.5 Å². The van der Waals surface area contributed by atoms with Crippen molar-refractivity contribution in [3.63, 3.8) is 0 Å². The Balaban J connectivity index is 1.49. The molecule has 32 heavy (non-hydrogen) atoms. The first-order valence-corrected chi connectivity index (χ1v) is 12.6. The van der Waals surface area contributed by atoms with E-state index in [0.717, 1.165) is 81.3 Å². The third-order valence-corrected chi connectivity index (χ3v) is 6.65. The van der Waals surface area contributed by atoms with Crippen LogP contribution in [0.15, 0.2) is 24.3 Å². The number of unbranched alkanes of at least 4 members (excludes halogenated alkanes) is 3. The number of fused-ring (bicyclic) bond motifs is 1. The molecular formula is C26H40N4O2. The Kier molecular flexibility index (Phi) is 9.57. The minimum Gasteiger partial charge on any atom is -0.356 e. The minimum atomic E-state index is 0.133. The van der Waals surface area contributed by atoms with Crippen molar-refractivity contribution in [2.45, 2.75) is 84.1 Å². The van der Waals surface area contributed by atoms with Gasteiger partial charge in [0.25, 0.3) is 0 Å². The largest absolute Gasteiger partial charge is 0.356 e. The molecule has 6 nitrogen and oxygen atoms in total. The van der Waals surface area contributed by atoms with E-state index < -0.39 is 0 Å². The molecule has 1 heterocycles. The van der Waals surface area contributed by atoms with Gasteiger partial charge in [0.15, 0.2) is 0 Å². The Morgan fingerprint density at radius 1 is 1.09 bits per heavy atom. The monoisotopic (exact) mass is 440 g/mol. The molecule has 176 valence electrons. The Morgan fingerprint density at radius 3 is 2.66 bits per heavy atom. The molecule has 0 bridgehead atoms. The molecule has 1 aromatic heterocycles. The molecular weight excluding hydrogens is 400 g/mol. The van der Waals surface area contributed by atoms with Crippen molar-refractivity contribution in [1.29, 1.82) is 0 Å². The van der Waals surface area contributed by atoms with Gasteiger partial charge in [-0.05, 0) is 44.2 Å². The molecule has 0 saturated heterocycles. The fourth-order valence-corrected chi connectivity index (χ4v) is 4.57. The maximum Gasteiger partial charge on any atom is 0.242 e. The zero-order valence-corrected chi connectivity index (χ0v) is 19.9. The van der Waals surface area contributed by atoms with Crippen LogP contribution in [0.5, 0.6) is 0 Å². The average Bonchev–Trinajstić information content (AvgIpc) is 3.17. The fraction of sp³-hybridized carbons (Fsp3) is 0.654. The first kappa shape index (κ1) is 24.3. The van der Waals surface area contributed by atoms with Crippen LogP contribution in [0.2, 0.25) is 0 Å². The summed E-state index contributed by atoms with van der Waals surface area (Å²) < 4.78 is 2.09. The minimum absolute atomic E-state index is 0.133. The number of nitrogens with zero attached hydrogens (tertiary/aromatic N) is 3. The number of rotatable bonds is 12. The summed E-state index contributed by atoms with van der Waals surface area (Å²) in [6.45, 7) is 4.03. The van der Waals surface area contributed by atoms with E-state index in [9.17, 15) is 9.59 Å². The summed E-state index contributed by atoms with van der Waals surface area (Å²) in [4.78, 5) is 31.7. The number of aryl methyl sites for hydroxylation is 1. The Labute approximate surface area is 192 Å². The fourth-order valence-electron chi connectivity index (χ4n) is 4.57. The highest BCUT2D eigenvalue weighted by Gasteiger charge is 2.20. The summed E-state index contributed by atoms with van der Waals surface area (Å²) in [6, 6.07) is 8.06. The van der Waals surface area contributed by atoms with Crippen molar-refractivity contribution in [2.24, 2.45) is 5.92 Å². The average molecular weight is 441 g/mol. The number of benzene rings is 1. The van der Waals surface area contributed by atoms with Crippen molar-refractivity contribution in [3.05, 3.63) is 30.1 Å². The first-order chi connectivity index (χ1) is 15.6. The number of hydrogen-bond acceptors (Lipinski definition) is 3. The van der Waals surface area contributed by atoms with Gasteiger partial charge in [0.2, 0.25) is 11.8 Å². The zero-order chi connectivity index (χ0) is 22.8. The molecule has 1 aliphatic rings. The highest BCUT2D eigenvalue weighted by molar-refractivity contribution is 5.81. The lowest BCUT2D eigenvalue weighted by atomic mass is 9.89. The van der Waals surface area contributed by atoms with E-state index in [1.807, 2.05) is 36.2 Å². The Bertz CT molecular complexity index is 870. The molecule has 0 radical (unpaired) electrons. The van der Waals surface area contributed by atoms with Crippen LogP contribution in [0.3, 0.4) is 0 Å². The van der Waals surface area contributed by atoms with Gasteiger partial charge in [-0.25, -0.2) is 4.98 Å². The predicted octanol–water partition coefficient (Wildman–Crippen LogP) is 4.70. The molecule has 0 spiro atoms. The van der Waals surface area contributed by atoms with Crippen LogP contribution in [0.25, 0.3) is 11.0 Å². The molecule has 1 saturated carbocycles. The van der Waals surface area contributed by atoms with E-state index >= 15 is 0 Å². The third kappa shape index (κ3) is 6.81. The van der Waals surface area contributed by atoms with Gasteiger partial charge >= 0.3 is 0 Å². The number of hydrogen-bond donors (Lipinski definition) is 1. The number of carbonyl (C=O) groups excluding carboxylic acids is 2. The first-order valence-electron chi connectivity index (χ1n) is 12.6. The second-order valence-electron chi connectivity index (χ2n) is 9.21. The quantitative estimate of drug-likeness (QED) is 0.486. The maximum absolute atomic E-state index is 12.8. The van der Waals surface area contributed by atoms with Crippen molar-refractivity contribution in [3.8, 4) is 0 Å². The summed E-state index contributed by atoms with van der Waals surface area (Å²) in [5.74, 6) is 1.59. The van der Waals surface area contributed by atoms with Crippen molar-refractivity contribution in [1.82, 2.24) is 19.8 Å². The van der Waals surface area contributed by atoms with E-state index in [4.69, 9.17) is 4.98 Å². The molecule has 0 atom stereocenters. The molecule has 6 heteroatoms. The van der Waals surface area contributed by atoms with Gasteiger partial charge in [-0.15, -0.1) is 0 Å². The smallest absolute Gasteiger partial charge is 0.242 e. The topological polar surface area (TPSA) is 67.2 Å². The summed E-state index contributed by atoms with van der Waals surface area (Å²) in [5.41, 5.74) is 1.98. The summed E-state index contributed by atoms with van der Waals surface area (Å²) in [6.07, 6.45) is 11.7. The maximum atomic E-state index is 12.8. The number of para-hydroxylation sites is 2. The summed E-state index contributed by atoms with van der Waals surface area (Å²) in [7, 11) is 1.89. The molecule has 1 fully saturated rings. The molecule has 1 aliphatic carbocycles. The predicted molar refractivity (Wildman–Crippen MR) is 129 cm³/mol. The molecule has 1 aromatic carbocycles. The van der Waals surface area contributed by atoms with Crippen LogP contribution in [0, 0.1) is 5.92 Å². The van der Waals surface area contributed by atoms with Gasteiger partial charge < -0.3 is 14.8 Å². The lowest BCUT2D eigenvalue weighted by Gasteiger charge is -2.20. The number of likely N-dealkylation sites (N-methyl/N-ethyl adjacent to an activating group) is 1. The third-order valence-electron chi connectivity index (χ3n) is 6.65. The normalized spacial score (nSPS) is 14.6. The van der Waals surface area contributed by atoms with Crippen LogP contribution < -0.4 is 5.32 Å². The number of carbonyl (C=O) groups is 2. The summed E-state index contributed by atoms with van der Waals surface area (Å²) in [5, 5.41) is 3.13. The highest BCUT2D eigenvalue weighted by atomic mass is 16.2. The van der Waals surface area contributed by atoms with E-state index in [-0.39, 0.29) is 17.7 Å². The molecule has 2 aromatic rings. The highest BCUT2D eigenvalue weighted by Crippen LogP contribution is 2.23. The van der Waals surface area contributed by atoms with Gasteiger partial charge in [-0.3, -0.25) is 9.59 Å². The standard InChI is InChI=1S/C26H40N4O2/c1-3-4-19-29(2)25(31)20-30-23-16-11-10-15-22(23)28-24(30)17-9-6-12-18-27-26(32)21-13-7-5-8-14-21/h10-11,15-16,21H,3-9,12-14,17-20H2,1-2H3,(H,27,32).